The fraction of sp³-hybridized carbons (Fsp3) is 0.842. The number of hydrogen-bond acceptors (Lipinski definition) is 4. The van der Waals surface area contributed by atoms with Gasteiger partial charge in [-0.3, -0.25) is 0 Å². The summed E-state index contributed by atoms with van der Waals surface area (Å²) in [5.74, 6) is 0.0785. The van der Waals surface area contributed by atoms with Gasteiger partial charge in [-0.1, -0.05) is 34.1 Å². The molecule has 132 valence electrons. The average Bonchev–Trinajstić information content (AvgIpc) is 3.03. The Morgan fingerprint density at radius 3 is 2.61 bits per heavy atom. The lowest BCUT2D eigenvalue weighted by atomic mass is 9.85. The van der Waals surface area contributed by atoms with E-state index in [0.29, 0.717) is 6.04 Å². The standard InChI is InChI=1S/C19H33NO3/c1-6-10-16-14(4)15(13-18(21)23-16)20-12-9-11-17(20)19(7-2,8-3)22-5/h13-14,16-17H,6-12H2,1-5H3/t14-,16-,17+/m1/s1. The zero-order valence-electron chi connectivity index (χ0n) is 15.4. The highest BCUT2D eigenvalue weighted by molar-refractivity contribution is 5.84. The van der Waals surface area contributed by atoms with Crippen molar-refractivity contribution in [3.05, 3.63) is 11.8 Å². The molecular weight excluding hydrogens is 290 g/mol. The van der Waals surface area contributed by atoms with E-state index >= 15 is 0 Å². The maximum Gasteiger partial charge on any atom is 0.332 e. The van der Waals surface area contributed by atoms with Gasteiger partial charge in [0.1, 0.15) is 6.10 Å². The molecule has 0 unspecified atom stereocenters. The maximum atomic E-state index is 12.1. The van der Waals surface area contributed by atoms with Crippen LogP contribution in [0.3, 0.4) is 0 Å². The van der Waals surface area contributed by atoms with Gasteiger partial charge in [-0.2, -0.15) is 0 Å². The summed E-state index contributed by atoms with van der Waals surface area (Å²) in [4.78, 5) is 14.5. The maximum absolute atomic E-state index is 12.1. The molecule has 0 radical (unpaired) electrons. The van der Waals surface area contributed by atoms with E-state index in [0.717, 1.165) is 50.8 Å². The number of nitrogens with zero attached hydrogens (tertiary/aromatic N) is 1. The molecule has 1 saturated heterocycles. The Kier molecular flexibility index (Phi) is 6.12. The number of methoxy groups -OCH3 is 1. The fourth-order valence-corrected chi connectivity index (χ4v) is 4.43. The average molecular weight is 323 g/mol. The second-order valence-electron chi connectivity index (χ2n) is 6.95. The third-order valence-corrected chi connectivity index (χ3v) is 5.93. The molecule has 2 heterocycles. The van der Waals surface area contributed by atoms with Crippen LogP contribution in [0.2, 0.25) is 0 Å². The number of rotatable bonds is 7. The van der Waals surface area contributed by atoms with Crippen LogP contribution in [0.1, 0.15) is 66.2 Å². The van der Waals surface area contributed by atoms with E-state index in [4.69, 9.17) is 9.47 Å². The molecule has 4 nitrogen and oxygen atoms in total. The first-order valence-corrected chi connectivity index (χ1v) is 9.26. The lowest BCUT2D eigenvalue weighted by molar-refractivity contribution is -0.148. The third-order valence-electron chi connectivity index (χ3n) is 5.93. The molecule has 0 N–H and O–H groups in total. The summed E-state index contributed by atoms with van der Waals surface area (Å²) in [7, 11) is 1.83. The Labute approximate surface area is 141 Å². The van der Waals surface area contributed by atoms with Crippen LogP contribution in [0.25, 0.3) is 0 Å². The van der Waals surface area contributed by atoms with Crippen LogP contribution in [0, 0.1) is 5.92 Å². The van der Waals surface area contributed by atoms with E-state index in [1.807, 2.05) is 7.11 Å². The van der Waals surface area contributed by atoms with Crippen molar-refractivity contribution < 1.29 is 14.3 Å². The van der Waals surface area contributed by atoms with E-state index in [9.17, 15) is 4.79 Å². The quantitative estimate of drug-likeness (QED) is 0.666. The van der Waals surface area contributed by atoms with Crippen molar-refractivity contribution in [1.82, 2.24) is 4.90 Å². The molecule has 0 spiro atoms. The van der Waals surface area contributed by atoms with Crippen LogP contribution >= 0.6 is 0 Å². The van der Waals surface area contributed by atoms with Crippen molar-refractivity contribution in [2.45, 2.75) is 84.0 Å². The molecule has 0 aromatic rings. The van der Waals surface area contributed by atoms with Crippen LogP contribution in [0.5, 0.6) is 0 Å². The molecule has 2 rings (SSSR count). The summed E-state index contributed by atoms with van der Waals surface area (Å²) >= 11 is 0. The lowest BCUT2D eigenvalue weighted by Crippen LogP contribution is -2.52. The predicted octanol–water partition coefficient (Wildman–Crippen LogP) is 3.90. The van der Waals surface area contributed by atoms with Crippen LogP contribution in [0.15, 0.2) is 11.8 Å². The molecule has 0 bridgehead atoms. The minimum atomic E-state index is -0.182. The monoisotopic (exact) mass is 323 g/mol. The lowest BCUT2D eigenvalue weighted by Gasteiger charge is -2.45. The van der Waals surface area contributed by atoms with Crippen LogP contribution in [-0.2, 0) is 14.3 Å². The largest absolute Gasteiger partial charge is 0.458 e. The van der Waals surface area contributed by atoms with Crippen molar-refractivity contribution >= 4 is 5.97 Å². The number of hydrogen-bond donors (Lipinski definition) is 0. The van der Waals surface area contributed by atoms with Gasteiger partial charge < -0.3 is 14.4 Å². The second kappa shape index (κ2) is 7.69. The van der Waals surface area contributed by atoms with Crippen LogP contribution < -0.4 is 0 Å². The van der Waals surface area contributed by atoms with E-state index in [-0.39, 0.29) is 23.6 Å². The Morgan fingerprint density at radius 1 is 1.35 bits per heavy atom. The molecule has 0 aromatic heterocycles. The Morgan fingerprint density at radius 2 is 2.04 bits per heavy atom. The predicted molar refractivity (Wildman–Crippen MR) is 92.1 cm³/mol. The van der Waals surface area contributed by atoms with Crippen molar-refractivity contribution in [1.29, 1.82) is 0 Å². The van der Waals surface area contributed by atoms with Gasteiger partial charge in [0.2, 0.25) is 0 Å². The summed E-state index contributed by atoms with van der Waals surface area (Å²) in [5.41, 5.74) is 1.03. The van der Waals surface area contributed by atoms with Crippen molar-refractivity contribution in [3.8, 4) is 0 Å². The van der Waals surface area contributed by atoms with Gasteiger partial charge >= 0.3 is 5.97 Å². The number of carbonyl (C=O) groups excluding carboxylic acids is 1. The summed E-state index contributed by atoms with van der Waals surface area (Å²) in [6.07, 6.45) is 7.97. The molecule has 3 atom stereocenters. The van der Waals surface area contributed by atoms with Gasteiger partial charge in [0.25, 0.3) is 0 Å². The number of cyclic esters (lactones) is 1. The normalized spacial score (nSPS) is 28.7. The van der Waals surface area contributed by atoms with Crippen molar-refractivity contribution in [3.63, 3.8) is 0 Å². The van der Waals surface area contributed by atoms with Gasteiger partial charge in [-0.25, -0.2) is 4.79 Å². The van der Waals surface area contributed by atoms with E-state index in [1.54, 1.807) is 6.08 Å². The van der Waals surface area contributed by atoms with Gasteiger partial charge in [0.15, 0.2) is 0 Å². The topological polar surface area (TPSA) is 38.8 Å². The smallest absolute Gasteiger partial charge is 0.332 e. The molecule has 23 heavy (non-hydrogen) atoms. The summed E-state index contributed by atoms with van der Waals surface area (Å²) in [6, 6.07) is 0.351. The molecule has 4 heteroatoms. The minimum Gasteiger partial charge on any atom is -0.458 e. The van der Waals surface area contributed by atoms with Crippen LogP contribution in [-0.4, -0.2) is 42.3 Å². The molecular formula is C19H33NO3. The number of carbonyl (C=O) groups is 1. The van der Waals surface area contributed by atoms with Gasteiger partial charge in [0, 0.05) is 31.3 Å². The highest BCUT2D eigenvalue weighted by Gasteiger charge is 2.45. The van der Waals surface area contributed by atoms with E-state index in [1.165, 1.54) is 0 Å². The second-order valence-corrected chi connectivity index (χ2v) is 6.95. The van der Waals surface area contributed by atoms with Crippen LogP contribution in [0.4, 0.5) is 0 Å². The number of ether oxygens (including phenoxy) is 2. The Balaban J connectivity index is 2.29. The molecule has 2 aliphatic heterocycles. The molecule has 0 amide bonds. The molecule has 0 aliphatic carbocycles. The minimum absolute atomic E-state index is 0.00829. The Hall–Kier alpha value is -1.03. The fourth-order valence-electron chi connectivity index (χ4n) is 4.43. The van der Waals surface area contributed by atoms with Gasteiger partial charge in [0.05, 0.1) is 11.6 Å². The number of esters is 1. The molecule has 0 aromatic carbocycles. The highest BCUT2D eigenvalue weighted by Crippen LogP contribution is 2.40. The summed E-state index contributed by atoms with van der Waals surface area (Å²) in [5, 5.41) is 0. The molecule has 1 fully saturated rings. The van der Waals surface area contributed by atoms with E-state index < -0.39 is 0 Å². The summed E-state index contributed by atoms with van der Waals surface area (Å²) in [6.45, 7) is 9.76. The first kappa shape index (κ1) is 18.3. The van der Waals surface area contributed by atoms with Gasteiger partial charge in [-0.15, -0.1) is 0 Å². The summed E-state index contributed by atoms with van der Waals surface area (Å²) < 4.78 is 11.5. The number of likely N-dealkylation sites (tertiary alicyclic amines) is 1. The zero-order valence-corrected chi connectivity index (χ0v) is 15.4. The van der Waals surface area contributed by atoms with E-state index in [2.05, 4.69) is 32.6 Å². The molecule has 0 saturated carbocycles. The zero-order chi connectivity index (χ0) is 17.0. The first-order chi connectivity index (χ1) is 11.0. The highest BCUT2D eigenvalue weighted by atomic mass is 16.5. The van der Waals surface area contributed by atoms with Gasteiger partial charge in [-0.05, 0) is 32.1 Å². The SMILES string of the molecule is CCC[C@H]1OC(=O)C=C(N2CCC[C@H]2C(CC)(CC)OC)[C@H]1C. The van der Waals surface area contributed by atoms with Crippen molar-refractivity contribution in [2.24, 2.45) is 5.92 Å². The third kappa shape index (κ3) is 3.42. The molecule has 2 aliphatic rings. The first-order valence-electron chi connectivity index (χ1n) is 9.26. The Bertz CT molecular complexity index is 434. The van der Waals surface area contributed by atoms with Crippen molar-refractivity contribution in [2.75, 3.05) is 13.7 Å².